The molecule has 17 heavy (non-hydrogen) atoms. The minimum absolute atomic E-state index is 0.0646. The van der Waals surface area contributed by atoms with Crippen molar-refractivity contribution < 1.29 is 0 Å². The van der Waals surface area contributed by atoms with Gasteiger partial charge in [0.15, 0.2) is 0 Å². The summed E-state index contributed by atoms with van der Waals surface area (Å²) in [6, 6.07) is 5.70. The van der Waals surface area contributed by atoms with Crippen molar-refractivity contribution in [2.75, 3.05) is 6.54 Å². The van der Waals surface area contributed by atoms with Crippen molar-refractivity contribution in [3.63, 3.8) is 0 Å². The van der Waals surface area contributed by atoms with E-state index >= 15 is 0 Å². The highest BCUT2D eigenvalue weighted by Crippen LogP contribution is 2.29. The fourth-order valence-electron chi connectivity index (χ4n) is 1.58. The highest BCUT2D eigenvalue weighted by atomic mass is 35.5. The predicted octanol–water partition coefficient (Wildman–Crippen LogP) is 3.54. The van der Waals surface area contributed by atoms with E-state index in [1.54, 1.807) is 12.3 Å². The zero-order valence-electron chi connectivity index (χ0n) is 9.15. The first-order chi connectivity index (χ1) is 8.22. The molecule has 1 unspecified atom stereocenters. The molecule has 6 heteroatoms. The van der Waals surface area contributed by atoms with E-state index in [1.165, 1.54) is 11.5 Å². The van der Waals surface area contributed by atoms with Crippen LogP contribution in [0.15, 0.2) is 24.4 Å². The number of nitrogens with zero attached hydrogens (tertiary/aromatic N) is 2. The maximum atomic E-state index is 6.03. The zero-order valence-corrected chi connectivity index (χ0v) is 11.5. The van der Waals surface area contributed by atoms with Crippen molar-refractivity contribution >= 4 is 34.7 Å². The third-order valence-electron chi connectivity index (χ3n) is 2.35. The van der Waals surface area contributed by atoms with Gasteiger partial charge in [-0.3, -0.25) is 0 Å². The molecule has 1 N–H and O–H groups in total. The summed E-state index contributed by atoms with van der Waals surface area (Å²) in [6.45, 7) is 2.90. The van der Waals surface area contributed by atoms with Gasteiger partial charge in [-0.2, -0.15) is 0 Å². The lowest BCUT2D eigenvalue weighted by atomic mass is 10.1. The van der Waals surface area contributed by atoms with E-state index in [0.717, 1.165) is 17.0 Å². The molecule has 0 radical (unpaired) electrons. The van der Waals surface area contributed by atoms with Crippen LogP contribution in [0.5, 0.6) is 0 Å². The molecule has 0 saturated heterocycles. The first kappa shape index (κ1) is 12.8. The molecule has 1 heterocycles. The lowest BCUT2D eigenvalue weighted by molar-refractivity contribution is 0.638. The summed E-state index contributed by atoms with van der Waals surface area (Å²) in [5, 5.41) is 8.36. The van der Waals surface area contributed by atoms with E-state index in [1.807, 2.05) is 12.1 Å². The number of halogens is 2. The van der Waals surface area contributed by atoms with Gasteiger partial charge in [0.2, 0.25) is 0 Å². The summed E-state index contributed by atoms with van der Waals surface area (Å²) in [5.41, 5.74) is 1.06. The van der Waals surface area contributed by atoms with Gasteiger partial charge in [0, 0.05) is 0 Å². The molecular weight excluding hydrogens is 277 g/mol. The number of aromatic nitrogens is 2. The van der Waals surface area contributed by atoms with Crippen molar-refractivity contribution in [3.8, 4) is 0 Å². The quantitative estimate of drug-likeness (QED) is 0.935. The molecule has 2 aromatic rings. The van der Waals surface area contributed by atoms with Crippen LogP contribution in [0.3, 0.4) is 0 Å². The summed E-state index contributed by atoms with van der Waals surface area (Å²) in [4.78, 5) is 1.06. The Morgan fingerprint density at radius 1 is 1.35 bits per heavy atom. The molecule has 90 valence electrons. The van der Waals surface area contributed by atoms with Crippen LogP contribution in [0.1, 0.15) is 23.4 Å². The smallest absolute Gasteiger partial charge is 0.0704 e. The second-order valence-corrected chi connectivity index (χ2v) is 5.12. The minimum Gasteiger partial charge on any atom is -0.306 e. The normalized spacial score (nSPS) is 12.6. The van der Waals surface area contributed by atoms with Crippen molar-refractivity contribution in [1.82, 2.24) is 14.9 Å². The molecule has 0 amide bonds. The Labute approximate surface area is 114 Å². The van der Waals surface area contributed by atoms with E-state index in [4.69, 9.17) is 23.2 Å². The molecule has 2 rings (SSSR count). The van der Waals surface area contributed by atoms with Crippen LogP contribution in [0.4, 0.5) is 0 Å². The molecular formula is C11H11Cl2N3S. The van der Waals surface area contributed by atoms with Crippen LogP contribution in [0, 0.1) is 0 Å². The Kier molecular flexibility index (Phi) is 4.34. The first-order valence-corrected chi connectivity index (χ1v) is 6.71. The lowest BCUT2D eigenvalue weighted by Crippen LogP contribution is -2.21. The van der Waals surface area contributed by atoms with Gasteiger partial charge in [-0.1, -0.05) is 40.7 Å². The summed E-state index contributed by atoms with van der Waals surface area (Å²) in [6.07, 6.45) is 1.76. The summed E-state index contributed by atoms with van der Waals surface area (Å²) in [5.74, 6) is 0. The monoisotopic (exact) mass is 287 g/mol. The molecule has 0 aliphatic heterocycles. The number of rotatable bonds is 4. The Morgan fingerprint density at radius 2 is 2.18 bits per heavy atom. The third kappa shape index (κ3) is 2.96. The highest BCUT2D eigenvalue weighted by molar-refractivity contribution is 7.05. The molecule has 0 fully saturated rings. The molecule has 1 aromatic carbocycles. The zero-order chi connectivity index (χ0) is 12.3. The average Bonchev–Trinajstić information content (AvgIpc) is 2.83. The van der Waals surface area contributed by atoms with Crippen molar-refractivity contribution in [2.24, 2.45) is 0 Å². The number of nitrogens with one attached hydrogen (secondary N) is 1. The van der Waals surface area contributed by atoms with E-state index in [9.17, 15) is 0 Å². The van der Waals surface area contributed by atoms with Crippen LogP contribution < -0.4 is 5.32 Å². The van der Waals surface area contributed by atoms with Gasteiger partial charge in [-0.25, -0.2) is 0 Å². The highest BCUT2D eigenvalue weighted by Gasteiger charge is 2.16. The van der Waals surface area contributed by atoms with Crippen LogP contribution in [-0.2, 0) is 0 Å². The molecule has 0 bridgehead atoms. The van der Waals surface area contributed by atoms with Crippen molar-refractivity contribution in [3.05, 3.63) is 44.9 Å². The van der Waals surface area contributed by atoms with Crippen LogP contribution in [0.25, 0.3) is 0 Å². The topological polar surface area (TPSA) is 37.8 Å². The van der Waals surface area contributed by atoms with Gasteiger partial charge < -0.3 is 5.32 Å². The minimum atomic E-state index is 0.0646. The average molecular weight is 288 g/mol. The van der Waals surface area contributed by atoms with Gasteiger partial charge in [0.1, 0.15) is 0 Å². The maximum absolute atomic E-state index is 6.03. The van der Waals surface area contributed by atoms with E-state index in [-0.39, 0.29) is 6.04 Å². The SMILES string of the molecule is CCNC(c1ccc(Cl)c(Cl)c1)c1cnns1. The molecule has 1 atom stereocenters. The standard InChI is InChI=1S/C11H11Cl2N3S/c1-2-14-11(10-6-15-16-17-10)7-3-4-8(12)9(13)5-7/h3-6,11,14H,2H2,1H3. The second-order valence-electron chi connectivity index (χ2n) is 3.48. The largest absolute Gasteiger partial charge is 0.306 e. The Balaban J connectivity index is 2.35. The molecule has 3 nitrogen and oxygen atoms in total. The summed E-state index contributed by atoms with van der Waals surface area (Å²) in [7, 11) is 0. The number of benzene rings is 1. The van der Waals surface area contributed by atoms with E-state index in [2.05, 4.69) is 21.8 Å². The summed E-state index contributed by atoms with van der Waals surface area (Å²) < 4.78 is 3.88. The number of hydrogen-bond acceptors (Lipinski definition) is 4. The van der Waals surface area contributed by atoms with Gasteiger partial charge in [0.25, 0.3) is 0 Å². The Hall–Kier alpha value is -0.680. The molecule has 0 spiro atoms. The van der Waals surface area contributed by atoms with Gasteiger partial charge in [-0.05, 0) is 35.8 Å². The summed E-state index contributed by atoms with van der Waals surface area (Å²) >= 11 is 13.3. The Morgan fingerprint density at radius 3 is 2.76 bits per heavy atom. The fourth-order valence-corrected chi connectivity index (χ4v) is 2.49. The first-order valence-electron chi connectivity index (χ1n) is 5.18. The molecule has 1 aromatic heterocycles. The van der Waals surface area contributed by atoms with Gasteiger partial charge in [0.05, 0.1) is 27.2 Å². The van der Waals surface area contributed by atoms with Crippen molar-refractivity contribution in [2.45, 2.75) is 13.0 Å². The van der Waals surface area contributed by atoms with Crippen LogP contribution in [0.2, 0.25) is 10.0 Å². The number of hydrogen-bond donors (Lipinski definition) is 1. The molecule has 0 saturated carbocycles. The van der Waals surface area contributed by atoms with E-state index < -0.39 is 0 Å². The van der Waals surface area contributed by atoms with Crippen LogP contribution in [-0.4, -0.2) is 16.1 Å². The molecule has 0 aliphatic rings. The van der Waals surface area contributed by atoms with E-state index in [0.29, 0.717) is 10.0 Å². The maximum Gasteiger partial charge on any atom is 0.0704 e. The van der Waals surface area contributed by atoms with Crippen molar-refractivity contribution in [1.29, 1.82) is 0 Å². The fraction of sp³-hybridized carbons (Fsp3) is 0.273. The third-order valence-corrected chi connectivity index (χ3v) is 3.81. The lowest BCUT2D eigenvalue weighted by Gasteiger charge is -2.16. The van der Waals surface area contributed by atoms with Crippen LogP contribution >= 0.6 is 34.7 Å². The molecule has 0 aliphatic carbocycles. The predicted molar refractivity (Wildman–Crippen MR) is 71.9 cm³/mol. The Bertz CT molecular complexity index is 487. The van der Waals surface area contributed by atoms with Gasteiger partial charge in [-0.15, -0.1) is 5.10 Å². The second kappa shape index (κ2) is 5.78. The van der Waals surface area contributed by atoms with Gasteiger partial charge >= 0.3 is 0 Å².